The molecule has 3 rings (SSSR count). The Labute approximate surface area is 149 Å². The monoisotopic (exact) mass is 351 g/mol. The molecule has 132 valence electrons. The van der Waals surface area contributed by atoms with E-state index in [0.29, 0.717) is 22.5 Å². The number of benzene rings is 1. The lowest BCUT2D eigenvalue weighted by molar-refractivity contribution is 0.675. The van der Waals surface area contributed by atoms with Crippen molar-refractivity contribution in [1.82, 2.24) is 20.0 Å². The third-order valence-electron chi connectivity index (χ3n) is 3.96. The zero-order chi connectivity index (χ0) is 18.7. The molecular weight excluding hydrogens is 333 g/mol. The summed E-state index contributed by atoms with van der Waals surface area (Å²) in [6.07, 6.45) is 4.07. The van der Waals surface area contributed by atoms with Crippen LogP contribution in [0.1, 0.15) is 11.3 Å². The van der Waals surface area contributed by atoms with Gasteiger partial charge in [-0.05, 0) is 55.0 Å². The van der Waals surface area contributed by atoms with E-state index >= 15 is 0 Å². The van der Waals surface area contributed by atoms with E-state index in [0.717, 1.165) is 17.5 Å². The highest BCUT2D eigenvalue weighted by molar-refractivity contribution is 5.65. The van der Waals surface area contributed by atoms with Crippen molar-refractivity contribution in [3.8, 4) is 16.9 Å². The molecule has 0 saturated heterocycles. The first-order valence-corrected chi connectivity index (χ1v) is 7.96. The molecule has 0 aliphatic heterocycles. The number of hydrogen-bond acceptors (Lipinski definition) is 4. The van der Waals surface area contributed by atoms with Crippen LogP contribution in [-0.2, 0) is 0 Å². The van der Waals surface area contributed by atoms with Crippen molar-refractivity contribution in [3.63, 3.8) is 0 Å². The molecule has 0 aliphatic rings. The van der Waals surface area contributed by atoms with Crippen molar-refractivity contribution in [2.24, 2.45) is 0 Å². The van der Waals surface area contributed by atoms with Crippen LogP contribution in [-0.4, -0.2) is 27.0 Å². The highest BCUT2D eigenvalue weighted by Gasteiger charge is 2.12. The van der Waals surface area contributed by atoms with Gasteiger partial charge < -0.3 is 10.3 Å². The van der Waals surface area contributed by atoms with Gasteiger partial charge in [0.05, 0.1) is 17.4 Å². The van der Waals surface area contributed by atoms with Crippen LogP contribution in [0.3, 0.4) is 0 Å². The van der Waals surface area contributed by atoms with E-state index in [4.69, 9.17) is 0 Å². The van der Waals surface area contributed by atoms with Crippen LogP contribution in [0, 0.1) is 6.92 Å². The smallest absolute Gasteiger partial charge is 0.257 e. The molecule has 7 heteroatoms. The van der Waals surface area contributed by atoms with Crippen molar-refractivity contribution in [1.29, 1.82) is 0 Å². The van der Waals surface area contributed by atoms with Crippen molar-refractivity contribution < 1.29 is 4.39 Å². The fraction of sp³-hybridized carbons (Fsp3) is 0.105. The van der Waals surface area contributed by atoms with E-state index in [9.17, 15) is 9.18 Å². The van der Waals surface area contributed by atoms with E-state index in [-0.39, 0.29) is 5.56 Å². The van der Waals surface area contributed by atoms with Crippen LogP contribution in [0.5, 0.6) is 0 Å². The molecule has 6 nitrogen and oxygen atoms in total. The molecule has 0 radical (unpaired) electrons. The minimum absolute atomic E-state index is 0.309. The van der Waals surface area contributed by atoms with Crippen molar-refractivity contribution in [2.75, 3.05) is 12.4 Å². The zero-order valence-electron chi connectivity index (χ0n) is 14.5. The second-order valence-electron chi connectivity index (χ2n) is 5.67. The molecular formula is C19H18FN5O. The number of pyridine rings is 1. The molecule has 0 aliphatic carbocycles. The molecule has 2 heterocycles. The summed E-state index contributed by atoms with van der Waals surface area (Å²) >= 11 is 0. The Kier molecular flexibility index (Phi) is 4.79. The van der Waals surface area contributed by atoms with Gasteiger partial charge >= 0.3 is 0 Å². The molecule has 0 saturated carbocycles. The molecule has 0 atom stereocenters. The third-order valence-corrected chi connectivity index (χ3v) is 3.96. The van der Waals surface area contributed by atoms with Crippen molar-refractivity contribution in [2.45, 2.75) is 6.92 Å². The number of aromatic amines is 1. The summed E-state index contributed by atoms with van der Waals surface area (Å²) in [6, 6.07) is 9.19. The second kappa shape index (κ2) is 7.18. The van der Waals surface area contributed by atoms with Gasteiger partial charge in [0.2, 0.25) is 0 Å². The van der Waals surface area contributed by atoms with Gasteiger partial charge in [-0.25, -0.2) is 9.07 Å². The Hall–Kier alpha value is -3.48. The second-order valence-corrected chi connectivity index (χ2v) is 5.67. The summed E-state index contributed by atoms with van der Waals surface area (Å²) in [4.78, 5) is 15.0. The number of aryl methyl sites for hydroxylation is 1. The SMILES string of the molecule is C=C/C(F)=C\c1cc(-c2cn(-c3ccc(NC)cc3)nn2)c(=O)[nH]c1C. The summed E-state index contributed by atoms with van der Waals surface area (Å²) in [5, 5.41) is 11.2. The Bertz CT molecular complexity index is 1030. The maximum Gasteiger partial charge on any atom is 0.257 e. The van der Waals surface area contributed by atoms with E-state index in [1.807, 2.05) is 31.3 Å². The highest BCUT2D eigenvalue weighted by Crippen LogP contribution is 2.19. The van der Waals surface area contributed by atoms with Crippen molar-refractivity contribution in [3.05, 3.63) is 76.6 Å². The predicted octanol–water partition coefficient (Wildman–Crippen LogP) is 3.47. The van der Waals surface area contributed by atoms with Gasteiger partial charge in [0.1, 0.15) is 11.5 Å². The van der Waals surface area contributed by atoms with Gasteiger partial charge in [0, 0.05) is 18.4 Å². The van der Waals surface area contributed by atoms with Crippen LogP contribution in [0.2, 0.25) is 0 Å². The largest absolute Gasteiger partial charge is 0.388 e. The average Bonchev–Trinajstić information content (AvgIpc) is 3.13. The molecule has 2 aromatic heterocycles. The summed E-state index contributed by atoms with van der Waals surface area (Å²) in [7, 11) is 1.84. The van der Waals surface area contributed by atoms with Crippen LogP contribution in [0.4, 0.5) is 10.1 Å². The lowest BCUT2D eigenvalue weighted by atomic mass is 10.1. The summed E-state index contributed by atoms with van der Waals surface area (Å²) in [5.41, 5.74) is 3.30. The summed E-state index contributed by atoms with van der Waals surface area (Å²) < 4.78 is 15.1. The molecule has 0 fully saturated rings. The molecule has 0 unspecified atom stereocenters. The maximum atomic E-state index is 13.5. The van der Waals surface area contributed by atoms with E-state index < -0.39 is 5.83 Å². The van der Waals surface area contributed by atoms with E-state index in [1.165, 1.54) is 6.08 Å². The van der Waals surface area contributed by atoms with Gasteiger partial charge in [0.25, 0.3) is 5.56 Å². The number of allylic oxidation sites excluding steroid dienone is 2. The number of nitrogens with one attached hydrogen (secondary N) is 2. The minimum atomic E-state index is -0.487. The number of nitrogens with zero attached hydrogens (tertiary/aromatic N) is 3. The molecule has 3 aromatic rings. The van der Waals surface area contributed by atoms with Crippen LogP contribution < -0.4 is 10.9 Å². The van der Waals surface area contributed by atoms with Crippen LogP contribution >= 0.6 is 0 Å². The Morgan fingerprint density at radius 1 is 1.35 bits per heavy atom. The van der Waals surface area contributed by atoms with Gasteiger partial charge in [-0.2, -0.15) is 0 Å². The van der Waals surface area contributed by atoms with E-state index in [2.05, 4.69) is 27.2 Å². The average molecular weight is 351 g/mol. The maximum absolute atomic E-state index is 13.5. The number of anilines is 1. The molecule has 0 amide bonds. The number of aromatic nitrogens is 4. The topological polar surface area (TPSA) is 75.6 Å². The lowest BCUT2D eigenvalue weighted by Gasteiger charge is -2.04. The predicted molar refractivity (Wildman–Crippen MR) is 101 cm³/mol. The number of hydrogen-bond donors (Lipinski definition) is 2. The van der Waals surface area contributed by atoms with Gasteiger partial charge in [0.15, 0.2) is 0 Å². The van der Waals surface area contributed by atoms with Gasteiger partial charge in [-0.1, -0.05) is 11.8 Å². The van der Waals surface area contributed by atoms with Gasteiger partial charge in [-0.3, -0.25) is 4.79 Å². The summed E-state index contributed by atoms with van der Waals surface area (Å²) in [6.45, 7) is 5.09. The van der Waals surface area contributed by atoms with Crippen LogP contribution in [0.25, 0.3) is 23.0 Å². The third kappa shape index (κ3) is 3.46. The standard InChI is InChI=1S/C19H18FN5O/c1-4-14(20)9-13-10-17(19(26)22-12(13)2)18-11-25(24-23-18)16-7-5-15(21-3)6-8-16/h4-11,21H,1H2,2-3H3,(H,22,26)/b14-9+. The van der Waals surface area contributed by atoms with E-state index in [1.54, 1.807) is 23.9 Å². The molecule has 2 N–H and O–H groups in total. The highest BCUT2D eigenvalue weighted by atomic mass is 19.1. The quantitative estimate of drug-likeness (QED) is 0.690. The number of halogens is 1. The normalized spacial score (nSPS) is 11.4. The number of H-pyrrole nitrogens is 1. The Morgan fingerprint density at radius 3 is 2.73 bits per heavy atom. The first-order chi connectivity index (χ1) is 12.5. The molecule has 0 bridgehead atoms. The summed E-state index contributed by atoms with van der Waals surface area (Å²) in [5.74, 6) is -0.487. The molecule has 26 heavy (non-hydrogen) atoms. The zero-order valence-corrected chi connectivity index (χ0v) is 14.5. The Morgan fingerprint density at radius 2 is 2.08 bits per heavy atom. The minimum Gasteiger partial charge on any atom is -0.388 e. The first-order valence-electron chi connectivity index (χ1n) is 7.96. The Balaban J connectivity index is 2.02. The number of rotatable bonds is 5. The van der Waals surface area contributed by atoms with Crippen molar-refractivity contribution >= 4 is 11.8 Å². The molecule has 0 spiro atoms. The van der Waals surface area contributed by atoms with Gasteiger partial charge in [-0.15, -0.1) is 5.10 Å². The lowest BCUT2D eigenvalue weighted by Crippen LogP contribution is -2.11. The first kappa shape index (κ1) is 17.3. The fourth-order valence-corrected chi connectivity index (χ4v) is 2.48. The molecule has 1 aromatic carbocycles. The fourth-order valence-electron chi connectivity index (χ4n) is 2.48. The van der Waals surface area contributed by atoms with Crippen LogP contribution in [0.15, 0.2) is 59.8 Å².